The number of amides is 2. The number of carbonyl (C=O) groups is 2. The zero-order chi connectivity index (χ0) is 23.7. The normalized spacial score (nSPS) is 11.0. The summed E-state index contributed by atoms with van der Waals surface area (Å²) in [7, 11) is -0.993. The average molecular weight is 484 g/mol. The van der Waals surface area contributed by atoms with Gasteiger partial charge in [0, 0.05) is 31.3 Å². The number of nitrogens with one attached hydrogen (secondary N) is 3. The molecule has 0 bridgehead atoms. The number of hydrogen-bond donors (Lipinski definition) is 3. The number of sulfonamides is 1. The minimum absolute atomic E-state index is 0.0146. The largest absolute Gasteiger partial charge is 0.493 e. The van der Waals surface area contributed by atoms with Gasteiger partial charge in [-0.2, -0.15) is 0 Å². The van der Waals surface area contributed by atoms with E-state index in [2.05, 4.69) is 15.4 Å². The molecule has 9 nitrogen and oxygen atoms in total. The first kappa shape index (κ1) is 25.4. The van der Waals surface area contributed by atoms with Gasteiger partial charge >= 0.3 is 0 Å². The van der Waals surface area contributed by atoms with E-state index in [4.69, 9.17) is 21.1 Å². The molecular weight excluding hydrogens is 458 g/mol. The summed E-state index contributed by atoms with van der Waals surface area (Å²) in [6.45, 7) is 2.36. The number of hydrogen-bond acceptors (Lipinski definition) is 6. The van der Waals surface area contributed by atoms with E-state index < -0.39 is 15.9 Å². The van der Waals surface area contributed by atoms with Gasteiger partial charge in [0.05, 0.1) is 29.7 Å². The van der Waals surface area contributed by atoms with Gasteiger partial charge in [-0.15, -0.1) is 0 Å². The van der Waals surface area contributed by atoms with Crippen molar-refractivity contribution in [3.05, 3.63) is 47.0 Å². The Balaban J connectivity index is 1.93. The van der Waals surface area contributed by atoms with Crippen LogP contribution in [0.2, 0.25) is 5.02 Å². The van der Waals surface area contributed by atoms with E-state index in [-0.39, 0.29) is 34.5 Å². The van der Waals surface area contributed by atoms with Gasteiger partial charge < -0.3 is 20.1 Å². The van der Waals surface area contributed by atoms with Crippen LogP contribution < -0.4 is 24.8 Å². The molecule has 0 radical (unpaired) electrons. The summed E-state index contributed by atoms with van der Waals surface area (Å²) in [5, 5.41) is 5.55. The fraction of sp³-hybridized carbons (Fsp3) is 0.333. The minimum atomic E-state index is -3.85. The summed E-state index contributed by atoms with van der Waals surface area (Å²) in [4.78, 5) is 24.2. The Morgan fingerprint density at radius 3 is 2.34 bits per heavy atom. The van der Waals surface area contributed by atoms with Crippen LogP contribution in [0.5, 0.6) is 11.5 Å². The zero-order valence-corrected chi connectivity index (χ0v) is 19.6. The van der Waals surface area contributed by atoms with E-state index in [1.54, 1.807) is 6.07 Å². The maximum Gasteiger partial charge on any atom is 0.252 e. The van der Waals surface area contributed by atoms with E-state index in [1.165, 1.54) is 44.6 Å². The summed E-state index contributed by atoms with van der Waals surface area (Å²) < 4.78 is 37.5. The zero-order valence-electron chi connectivity index (χ0n) is 18.0. The quantitative estimate of drug-likeness (QED) is 0.451. The van der Waals surface area contributed by atoms with Crippen molar-refractivity contribution < 1.29 is 27.5 Å². The molecule has 0 aromatic heterocycles. The lowest BCUT2D eigenvalue weighted by Crippen LogP contribution is -2.28. The first-order chi connectivity index (χ1) is 15.2. The van der Waals surface area contributed by atoms with E-state index in [0.717, 1.165) is 6.42 Å². The van der Waals surface area contributed by atoms with Gasteiger partial charge in [0.25, 0.3) is 5.91 Å². The van der Waals surface area contributed by atoms with E-state index in [0.29, 0.717) is 23.5 Å². The fourth-order valence-corrected chi connectivity index (χ4v) is 4.01. The number of methoxy groups -OCH3 is 2. The molecule has 0 aliphatic rings. The lowest BCUT2D eigenvalue weighted by atomic mass is 10.2. The number of carbonyl (C=O) groups excluding carboxylic acids is 2. The van der Waals surface area contributed by atoms with Gasteiger partial charge in [-0.05, 0) is 36.8 Å². The molecule has 0 spiro atoms. The second-order valence-electron chi connectivity index (χ2n) is 6.66. The Morgan fingerprint density at radius 2 is 1.72 bits per heavy atom. The van der Waals surface area contributed by atoms with Crippen molar-refractivity contribution in [2.24, 2.45) is 0 Å². The molecule has 32 heavy (non-hydrogen) atoms. The molecule has 2 rings (SSSR count). The summed E-state index contributed by atoms with van der Waals surface area (Å²) in [6, 6.07) is 8.73. The standard InChI is InChI=1S/C21H26ClN3O6S/c1-4-10-23-21(27)16-7-5-14(12-17(16)22)25-20(26)9-11-24-32(28,29)15-6-8-18(30-2)19(13-15)31-3/h5-8,12-13,24H,4,9-11H2,1-3H3,(H,23,27)(H,25,26). The van der Waals surface area contributed by atoms with Crippen LogP contribution in [0, 0.1) is 0 Å². The molecule has 2 aromatic rings. The molecule has 0 unspecified atom stereocenters. The minimum Gasteiger partial charge on any atom is -0.493 e. The summed E-state index contributed by atoms with van der Waals surface area (Å²) in [6.07, 6.45) is 0.691. The summed E-state index contributed by atoms with van der Waals surface area (Å²) >= 11 is 6.14. The molecule has 0 aliphatic heterocycles. The molecular formula is C21H26ClN3O6S. The van der Waals surface area contributed by atoms with Crippen molar-refractivity contribution in [1.82, 2.24) is 10.0 Å². The Hall–Kier alpha value is -2.82. The highest BCUT2D eigenvalue weighted by Gasteiger charge is 2.17. The molecule has 3 N–H and O–H groups in total. The van der Waals surface area contributed by atoms with E-state index in [9.17, 15) is 18.0 Å². The first-order valence-electron chi connectivity index (χ1n) is 9.81. The van der Waals surface area contributed by atoms with Crippen LogP contribution in [-0.4, -0.2) is 47.5 Å². The van der Waals surface area contributed by atoms with Gasteiger partial charge in [0.1, 0.15) is 0 Å². The Labute approximate surface area is 192 Å². The van der Waals surface area contributed by atoms with Crippen molar-refractivity contribution in [2.75, 3.05) is 32.6 Å². The third-order valence-electron chi connectivity index (χ3n) is 4.34. The van der Waals surface area contributed by atoms with Gasteiger partial charge in [0.2, 0.25) is 15.9 Å². The predicted octanol–water partition coefficient (Wildman–Crippen LogP) is 2.80. The number of halogens is 1. The smallest absolute Gasteiger partial charge is 0.252 e. The highest BCUT2D eigenvalue weighted by molar-refractivity contribution is 7.89. The third-order valence-corrected chi connectivity index (χ3v) is 6.11. The molecule has 2 aromatic carbocycles. The van der Waals surface area contributed by atoms with Crippen molar-refractivity contribution in [2.45, 2.75) is 24.7 Å². The summed E-state index contributed by atoms with van der Waals surface area (Å²) in [5.74, 6) is -0.0336. The number of benzene rings is 2. The Bertz CT molecular complexity index is 1080. The Morgan fingerprint density at radius 1 is 1.00 bits per heavy atom. The van der Waals surface area contributed by atoms with E-state index in [1.807, 2.05) is 6.92 Å². The number of rotatable bonds is 11. The molecule has 11 heteroatoms. The molecule has 0 fully saturated rings. The summed E-state index contributed by atoms with van der Waals surface area (Å²) in [5.41, 5.74) is 0.704. The molecule has 0 saturated heterocycles. The van der Waals surface area contributed by atoms with Gasteiger partial charge in [-0.3, -0.25) is 9.59 Å². The maximum atomic E-state index is 12.5. The van der Waals surface area contributed by atoms with E-state index >= 15 is 0 Å². The monoisotopic (exact) mass is 483 g/mol. The first-order valence-corrected chi connectivity index (χ1v) is 11.7. The highest BCUT2D eigenvalue weighted by Crippen LogP contribution is 2.29. The average Bonchev–Trinajstić information content (AvgIpc) is 2.76. The van der Waals surface area contributed by atoms with Crippen LogP contribution in [0.25, 0.3) is 0 Å². The maximum absolute atomic E-state index is 12.5. The van der Waals surface area contributed by atoms with Crippen LogP contribution in [0.3, 0.4) is 0 Å². The van der Waals surface area contributed by atoms with Crippen molar-refractivity contribution in [3.63, 3.8) is 0 Å². The topological polar surface area (TPSA) is 123 Å². The SMILES string of the molecule is CCCNC(=O)c1ccc(NC(=O)CCNS(=O)(=O)c2ccc(OC)c(OC)c2)cc1Cl. The lowest BCUT2D eigenvalue weighted by Gasteiger charge is -2.11. The Kier molecular flexibility index (Phi) is 9.30. The highest BCUT2D eigenvalue weighted by atomic mass is 35.5. The second-order valence-corrected chi connectivity index (χ2v) is 8.84. The molecule has 0 atom stereocenters. The van der Waals surface area contributed by atoms with Crippen LogP contribution in [0.4, 0.5) is 5.69 Å². The molecule has 0 saturated carbocycles. The second kappa shape index (κ2) is 11.7. The molecule has 0 aliphatic carbocycles. The molecule has 174 valence electrons. The van der Waals surface area contributed by atoms with Gasteiger partial charge in [-0.1, -0.05) is 18.5 Å². The third kappa shape index (κ3) is 6.84. The molecule has 0 heterocycles. The van der Waals surface area contributed by atoms with Crippen LogP contribution in [-0.2, 0) is 14.8 Å². The van der Waals surface area contributed by atoms with Gasteiger partial charge in [0.15, 0.2) is 11.5 Å². The van der Waals surface area contributed by atoms with Gasteiger partial charge in [-0.25, -0.2) is 13.1 Å². The predicted molar refractivity (Wildman–Crippen MR) is 122 cm³/mol. The van der Waals surface area contributed by atoms with Crippen LogP contribution >= 0.6 is 11.6 Å². The number of anilines is 1. The van der Waals surface area contributed by atoms with Crippen molar-refractivity contribution in [1.29, 1.82) is 0 Å². The van der Waals surface area contributed by atoms with Crippen molar-refractivity contribution >= 4 is 39.1 Å². The molecule has 2 amide bonds. The number of ether oxygens (including phenoxy) is 2. The van der Waals surface area contributed by atoms with Crippen LogP contribution in [0.15, 0.2) is 41.3 Å². The lowest BCUT2D eigenvalue weighted by molar-refractivity contribution is -0.116. The fourth-order valence-electron chi connectivity index (χ4n) is 2.70. The van der Waals surface area contributed by atoms with Crippen LogP contribution in [0.1, 0.15) is 30.1 Å². The van der Waals surface area contributed by atoms with Crippen molar-refractivity contribution in [3.8, 4) is 11.5 Å².